The second-order valence-electron chi connectivity index (χ2n) is 4.64. The number of carbonyl (C=O) groups is 1. The molecule has 1 atom stereocenters. The van der Waals surface area contributed by atoms with E-state index in [1.54, 1.807) is 25.1 Å². The molecule has 1 unspecified atom stereocenters. The molecule has 0 aliphatic heterocycles. The maximum absolute atomic E-state index is 12.2. The van der Waals surface area contributed by atoms with Crippen LogP contribution in [0, 0.1) is 10.1 Å². The Morgan fingerprint density at radius 1 is 1.18 bits per heavy atom. The molecule has 2 aromatic rings. The summed E-state index contributed by atoms with van der Waals surface area (Å²) in [6.45, 7) is 1.78. The van der Waals surface area contributed by atoms with Crippen LogP contribution >= 0.6 is 23.2 Å². The van der Waals surface area contributed by atoms with Crippen LogP contribution in [0.5, 0.6) is 0 Å². The molecule has 7 heteroatoms. The number of rotatable bonds is 4. The van der Waals surface area contributed by atoms with Gasteiger partial charge in [-0.3, -0.25) is 14.9 Å². The molecule has 0 aromatic heterocycles. The molecule has 0 heterocycles. The van der Waals surface area contributed by atoms with Crippen LogP contribution in [-0.4, -0.2) is 10.8 Å². The summed E-state index contributed by atoms with van der Waals surface area (Å²) in [4.78, 5) is 22.4. The minimum absolute atomic E-state index is 0.0132. The Morgan fingerprint density at radius 2 is 1.86 bits per heavy atom. The van der Waals surface area contributed by atoms with E-state index in [2.05, 4.69) is 5.32 Å². The zero-order chi connectivity index (χ0) is 16.3. The van der Waals surface area contributed by atoms with E-state index in [0.717, 1.165) is 11.6 Å². The van der Waals surface area contributed by atoms with Crippen LogP contribution in [0.3, 0.4) is 0 Å². The molecule has 114 valence electrons. The Labute approximate surface area is 137 Å². The first-order valence-electron chi connectivity index (χ1n) is 6.39. The Morgan fingerprint density at radius 3 is 2.50 bits per heavy atom. The zero-order valence-corrected chi connectivity index (χ0v) is 13.1. The maximum Gasteiger partial charge on any atom is 0.288 e. The number of nitro benzene ring substituents is 1. The number of nitrogens with one attached hydrogen (secondary N) is 1. The van der Waals surface area contributed by atoms with Crippen LogP contribution in [0.2, 0.25) is 10.0 Å². The highest BCUT2D eigenvalue weighted by Crippen LogP contribution is 2.26. The van der Waals surface area contributed by atoms with Crippen LogP contribution in [-0.2, 0) is 0 Å². The molecule has 5 nitrogen and oxygen atoms in total. The van der Waals surface area contributed by atoms with Gasteiger partial charge in [-0.2, -0.15) is 0 Å². The summed E-state index contributed by atoms with van der Waals surface area (Å²) in [7, 11) is 0. The van der Waals surface area contributed by atoms with Gasteiger partial charge in [0.1, 0.15) is 5.02 Å². The molecule has 0 saturated carbocycles. The zero-order valence-electron chi connectivity index (χ0n) is 11.5. The molecule has 1 N–H and O–H groups in total. The third-order valence-corrected chi connectivity index (χ3v) is 3.79. The van der Waals surface area contributed by atoms with Crippen molar-refractivity contribution in [3.8, 4) is 0 Å². The molecule has 0 bridgehead atoms. The van der Waals surface area contributed by atoms with Crippen molar-refractivity contribution in [1.82, 2.24) is 5.32 Å². The summed E-state index contributed by atoms with van der Waals surface area (Å²) >= 11 is 11.8. The summed E-state index contributed by atoms with van der Waals surface area (Å²) in [5.41, 5.74) is 0.621. The summed E-state index contributed by atoms with van der Waals surface area (Å²) in [5.74, 6) is -0.438. The van der Waals surface area contributed by atoms with Gasteiger partial charge in [0.05, 0.1) is 11.0 Å². The highest BCUT2D eigenvalue weighted by molar-refractivity contribution is 6.32. The van der Waals surface area contributed by atoms with E-state index in [1.807, 2.05) is 6.07 Å². The molecule has 0 aliphatic carbocycles. The molecule has 0 fully saturated rings. The van der Waals surface area contributed by atoms with Crippen molar-refractivity contribution in [2.24, 2.45) is 0 Å². The molecule has 2 rings (SSSR count). The highest BCUT2D eigenvalue weighted by Gasteiger charge is 2.18. The van der Waals surface area contributed by atoms with Crippen molar-refractivity contribution in [1.29, 1.82) is 0 Å². The van der Waals surface area contributed by atoms with E-state index < -0.39 is 10.8 Å². The Kier molecular flexibility index (Phi) is 5.00. The van der Waals surface area contributed by atoms with Crippen molar-refractivity contribution in [3.05, 3.63) is 73.8 Å². The molecule has 2 aromatic carbocycles. The van der Waals surface area contributed by atoms with Crippen molar-refractivity contribution >= 4 is 34.8 Å². The van der Waals surface area contributed by atoms with Gasteiger partial charge in [-0.05, 0) is 30.7 Å². The fourth-order valence-electron chi connectivity index (χ4n) is 1.98. The van der Waals surface area contributed by atoms with Gasteiger partial charge in [0, 0.05) is 16.7 Å². The van der Waals surface area contributed by atoms with Crippen LogP contribution in [0.15, 0.2) is 42.5 Å². The normalized spacial score (nSPS) is 11.8. The fourth-order valence-corrected chi connectivity index (χ4v) is 2.46. The Bertz CT molecular complexity index is 734. The highest BCUT2D eigenvalue weighted by atomic mass is 35.5. The van der Waals surface area contributed by atoms with Gasteiger partial charge in [-0.15, -0.1) is 0 Å². The van der Waals surface area contributed by atoms with Crippen molar-refractivity contribution in [2.75, 3.05) is 0 Å². The van der Waals surface area contributed by atoms with Crippen molar-refractivity contribution in [2.45, 2.75) is 13.0 Å². The number of hydrogen-bond acceptors (Lipinski definition) is 3. The smallest absolute Gasteiger partial charge is 0.288 e. The molecule has 0 spiro atoms. The third-order valence-electron chi connectivity index (χ3n) is 3.12. The summed E-state index contributed by atoms with van der Waals surface area (Å²) in [6.07, 6.45) is 0. The summed E-state index contributed by atoms with van der Waals surface area (Å²) in [6, 6.07) is 10.7. The number of carbonyl (C=O) groups excluding carboxylic acids is 1. The van der Waals surface area contributed by atoms with E-state index in [-0.39, 0.29) is 22.3 Å². The predicted molar refractivity (Wildman–Crippen MR) is 85.4 cm³/mol. The number of nitro groups is 1. The van der Waals surface area contributed by atoms with Gasteiger partial charge in [0.25, 0.3) is 11.6 Å². The van der Waals surface area contributed by atoms with Gasteiger partial charge >= 0.3 is 0 Å². The van der Waals surface area contributed by atoms with E-state index in [9.17, 15) is 14.9 Å². The summed E-state index contributed by atoms with van der Waals surface area (Å²) < 4.78 is 0. The maximum atomic E-state index is 12.2. The molecular weight excluding hydrogens is 327 g/mol. The monoisotopic (exact) mass is 338 g/mol. The van der Waals surface area contributed by atoms with Gasteiger partial charge in [-0.25, -0.2) is 0 Å². The topological polar surface area (TPSA) is 72.2 Å². The lowest BCUT2D eigenvalue weighted by Crippen LogP contribution is -2.26. The SMILES string of the molecule is CC(NC(=O)c1ccc(Cl)c([N+](=O)[O-])c1)c1ccccc1Cl. The first-order chi connectivity index (χ1) is 10.4. The number of benzene rings is 2. The first-order valence-corrected chi connectivity index (χ1v) is 7.15. The minimum atomic E-state index is -0.628. The van der Waals surface area contributed by atoms with Crippen LogP contribution in [0.1, 0.15) is 28.9 Å². The first kappa shape index (κ1) is 16.3. The second-order valence-corrected chi connectivity index (χ2v) is 5.45. The van der Waals surface area contributed by atoms with Crippen molar-refractivity contribution in [3.63, 3.8) is 0 Å². The van der Waals surface area contributed by atoms with E-state index in [4.69, 9.17) is 23.2 Å². The van der Waals surface area contributed by atoms with Crippen LogP contribution < -0.4 is 5.32 Å². The second kappa shape index (κ2) is 6.77. The number of halogens is 2. The Balaban J connectivity index is 2.21. The molecular formula is C15H12Cl2N2O3. The fraction of sp³-hybridized carbons (Fsp3) is 0.133. The molecule has 0 saturated heterocycles. The van der Waals surface area contributed by atoms with E-state index in [0.29, 0.717) is 5.02 Å². The molecule has 0 aliphatic rings. The molecule has 1 amide bonds. The molecule has 22 heavy (non-hydrogen) atoms. The number of hydrogen-bond donors (Lipinski definition) is 1. The van der Waals surface area contributed by atoms with Gasteiger partial charge in [0.15, 0.2) is 0 Å². The summed E-state index contributed by atoms with van der Waals surface area (Å²) in [5, 5.41) is 14.1. The average Bonchev–Trinajstić information content (AvgIpc) is 2.47. The van der Waals surface area contributed by atoms with Gasteiger partial charge in [0.2, 0.25) is 0 Å². The molecule has 0 radical (unpaired) electrons. The van der Waals surface area contributed by atoms with Crippen LogP contribution in [0.25, 0.3) is 0 Å². The lowest BCUT2D eigenvalue weighted by Gasteiger charge is -2.15. The Hall–Kier alpha value is -2.11. The third kappa shape index (κ3) is 3.55. The van der Waals surface area contributed by atoms with E-state index >= 15 is 0 Å². The predicted octanol–water partition coefficient (Wildman–Crippen LogP) is 4.39. The average molecular weight is 339 g/mol. The quantitative estimate of drug-likeness (QED) is 0.663. The lowest BCUT2D eigenvalue weighted by atomic mass is 10.1. The standard InChI is InChI=1S/C15H12Cl2N2O3/c1-9(11-4-2-3-5-12(11)16)18-15(20)10-6-7-13(17)14(8-10)19(21)22/h2-9H,1H3,(H,18,20). The van der Waals surface area contributed by atoms with Crippen molar-refractivity contribution < 1.29 is 9.72 Å². The van der Waals surface area contributed by atoms with Gasteiger partial charge in [-0.1, -0.05) is 41.4 Å². The number of nitrogens with zero attached hydrogens (tertiary/aromatic N) is 1. The largest absolute Gasteiger partial charge is 0.345 e. The number of amides is 1. The van der Waals surface area contributed by atoms with Gasteiger partial charge < -0.3 is 5.32 Å². The lowest BCUT2D eigenvalue weighted by molar-refractivity contribution is -0.384. The van der Waals surface area contributed by atoms with E-state index in [1.165, 1.54) is 12.1 Å². The van der Waals surface area contributed by atoms with Crippen LogP contribution in [0.4, 0.5) is 5.69 Å². The minimum Gasteiger partial charge on any atom is -0.345 e.